The smallest absolute Gasteiger partial charge is 0.250 e. The van der Waals surface area contributed by atoms with Crippen molar-refractivity contribution in [3.05, 3.63) is 93.2 Å². The summed E-state index contributed by atoms with van der Waals surface area (Å²) < 4.78 is 16.6. The Hall–Kier alpha value is -2.68. The van der Waals surface area contributed by atoms with Crippen LogP contribution in [0.3, 0.4) is 0 Å². The van der Waals surface area contributed by atoms with E-state index in [4.69, 9.17) is 11.6 Å². The lowest BCUT2D eigenvalue weighted by Gasteiger charge is -2.09. The van der Waals surface area contributed by atoms with Crippen molar-refractivity contribution in [2.75, 3.05) is 5.75 Å². The Balaban J connectivity index is 1.45. The minimum Gasteiger partial charge on any atom is -0.314 e. The van der Waals surface area contributed by atoms with Crippen LogP contribution in [-0.4, -0.2) is 27.4 Å². The molecule has 1 amide bonds. The number of rotatable bonds is 7. The van der Waals surface area contributed by atoms with Crippen LogP contribution in [0.5, 0.6) is 0 Å². The van der Waals surface area contributed by atoms with Gasteiger partial charge in [-0.2, -0.15) is 5.10 Å². The van der Waals surface area contributed by atoms with Gasteiger partial charge >= 0.3 is 0 Å². The third-order valence-electron chi connectivity index (χ3n) is 4.56. The predicted octanol–water partition coefficient (Wildman–Crippen LogP) is 5.88. The van der Waals surface area contributed by atoms with Gasteiger partial charge in [0.2, 0.25) is 0 Å². The first-order valence-electron chi connectivity index (χ1n) is 9.59. The molecule has 0 radical (unpaired) electrons. The SMILES string of the molecule is O=C(CSc1nc2ccccc2n1Cc1ccc(Cl)cc1)N/N=C/c1cc(Br)ccc1F. The van der Waals surface area contributed by atoms with Crippen LogP contribution >= 0.6 is 39.3 Å². The molecule has 0 fully saturated rings. The van der Waals surface area contributed by atoms with Crippen LogP contribution in [0.25, 0.3) is 11.0 Å². The molecule has 0 saturated carbocycles. The van der Waals surface area contributed by atoms with Crippen LogP contribution in [0.15, 0.2) is 81.5 Å². The molecular weight excluding hydrogens is 515 g/mol. The molecule has 9 heteroatoms. The maximum atomic E-state index is 13.8. The number of fused-ring (bicyclic) bond motifs is 1. The van der Waals surface area contributed by atoms with Gasteiger partial charge in [-0.3, -0.25) is 4.79 Å². The van der Waals surface area contributed by atoms with Gasteiger partial charge in [0.25, 0.3) is 5.91 Å². The largest absolute Gasteiger partial charge is 0.314 e. The molecule has 0 saturated heterocycles. The molecule has 1 aromatic heterocycles. The van der Waals surface area contributed by atoms with Gasteiger partial charge in [0.05, 0.1) is 29.5 Å². The topological polar surface area (TPSA) is 59.3 Å². The lowest BCUT2D eigenvalue weighted by molar-refractivity contribution is -0.118. The zero-order valence-corrected chi connectivity index (χ0v) is 19.8. The van der Waals surface area contributed by atoms with E-state index >= 15 is 0 Å². The van der Waals surface area contributed by atoms with Crippen LogP contribution in [0, 0.1) is 5.82 Å². The number of halogens is 3. The Morgan fingerprint density at radius 1 is 1.19 bits per heavy atom. The van der Waals surface area contributed by atoms with E-state index in [1.165, 1.54) is 24.0 Å². The molecule has 0 aliphatic carbocycles. The van der Waals surface area contributed by atoms with Gasteiger partial charge in [0, 0.05) is 15.1 Å². The van der Waals surface area contributed by atoms with Crippen molar-refractivity contribution in [3.8, 4) is 0 Å². The number of para-hydroxylation sites is 2. The van der Waals surface area contributed by atoms with Gasteiger partial charge in [0.1, 0.15) is 5.82 Å². The fraction of sp³-hybridized carbons (Fsp3) is 0.0870. The Morgan fingerprint density at radius 2 is 1.97 bits per heavy atom. The van der Waals surface area contributed by atoms with Crippen LogP contribution in [0.2, 0.25) is 5.02 Å². The molecular formula is C23H17BrClFN4OS. The maximum absolute atomic E-state index is 13.8. The number of hydrazone groups is 1. The zero-order chi connectivity index (χ0) is 22.5. The molecule has 5 nitrogen and oxygen atoms in total. The number of thioether (sulfide) groups is 1. The number of amides is 1. The highest BCUT2D eigenvalue weighted by atomic mass is 79.9. The van der Waals surface area contributed by atoms with E-state index < -0.39 is 5.82 Å². The van der Waals surface area contributed by atoms with Gasteiger partial charge in [-0.25, -0.2) is 14.8 Å². The highest BCUT2D eigenvalue weighted by molar-refractivity contribution is 9.10. The van der Waals surface area contributed by atoms with Gasteiger partial charge in [-0.05, 0) is 48.0 Å². The summed E-state index contributed by atoms with van der Waals surface area (Å²) in [5.41, 5.74) is 5.62. The first-order valence-corrected chi connectivity index (χ1v) is 11.7. The first-order chi connectivity index (χ1) is 15.5. The molecule has 0 spiro atoms. The van der Waals surface area contributed by atoms with Crippen LogP contribution < -0.4 is 5.43 Å². The van der Waals surface area contributed by atoms with Crippen molar-refractivity contribution >= 4 is 62.4 Å². The van der Waals surface area contributed by atoms with Crippen LogP contribution in [-0.2, 0) is 11.3 Å². The molecule has 0 atom stereocenters. The third-order valence-corrected chi connectivity index (χ3v) is 6.28. The number of hydrogen-bond acceptors (Lipinski definition) is 4. The second kappa shape index (κ2) is 10.3. The van der Waals surface area contributed by atoms with E-state index in [1.807, 2.05) is 48.5 Å². The number of hydrogen-bond donors (Lipinski definition) is 1. The molecule has 0 unspecified atom stereocenters. The molecule has 162 valence electrons. The summed E-state index contributed by atoms with van der Waals surface area (Å²) in [4.78, 5) is 17.0. The normalized spacial score (nSPS) is 11.3. The molecule has 0 aliphatic heterocycles. The standard InChI is InChI=1S/C23H17BrClFN4OS/c24-17-7-10-19(26)16(11-17)12-27-29-22(31)14-32-23-28-20-3-1-2-4-21(20)30(23)13-15-5-8-18(25)9-6-15/h1-12H,13-14H2,(H,29,31)/b27-12+. The van der Waals surface area contributed by atoms with Gasteiger partial charge in [-0.1, -0.05) is 63.6 Å². The average Bonchev–Trinajstić information content (AvgIpc) is 3.13. The number of nitrogens with one attached hydrogen (secondary N) is 1. The monoisotopic (exact) mass is 530 g/mol. The summed E-state index contributed by atoms with van der Waals surface area (Å²) in [6.07, 6.45) is 1.28. The molecule has 3 aromatic carbocycles. The van der Waals surface area contributed by atoms with Crippen molar-refractivity contribution in [1.29, 1.82) is 0 Å². The molecule has 1 heterocycles. The summed E-state index contributed by atoms with van der Waals surface area (Å²) in [6.45, 7) is 0.599. The van der Waals surface area contributed by atoms with Crippen LogP contribution in [0.1, 0.15) is 11.1 Å². The average molecular weight is 532 g/mol. The Bertz CT molecular complexity index is 1290. The Kier molecular flexibility index (Phi) is 7.24. The van der Waals surface area contributed by atoms with Gasteiger partial charge in [-0.15, -0.1) is 0 Å². The molecule has 32 heavy (non-hydrogen) atoms. The van der Waals surface area contributed by atoms with Crippen molar-refractivity contribution in [2.24, 2.45) is 5.10 Å². The Labute approximate surface area is 201 Å². The van der Waals surface area contributed by atoms with Crippen molar-refractivity contribution in [2.45, 2.75) is 11.7 Å². The number of aromatic nitrogens is 2. The minimum absolute atomic E-state index is 0.113. The molecule has 0 bridgehead atoms. The number of nitrogens with zero attached hydrogens (tertiary/aromatic N) is 3. The summed E-state index contributed by atoms with van der Waals surface area (Å²) in [6, 6.07) is 20.0. The number of carbonyl (C=O) groups is 1. The predicted molar refractivity (Wildman–Crippen MR) is 131 cm³/mol. The summed E-state index contributed by atoms with van der Waals surface area (Å²) in [7, 11) is 0. The third kappa shape index (κ3) is 5.56. The second-order valence-corrected chi connectivity index (χ2v) is 9.14. The lowest BCUT2D eigenvalue weighted by atomic mass is 10.2. The van der Waals surface area contributed by atoms with Crippen molar-refractivity contribution in [3.63, 3.8) is 0 Å². The number of imidazole rings is 1. The van der Waals surface area contributed by atoms with E-state index in [-0.39, 0.29) is 17.2 Å². The molecule has 4 aromatic rings. The molecule has 1 N–H and O–H groups in total. The highest BCUT2D eigenvalue weighted by Gasteiger charge is 2.13. The molecule has 0 aliphatic rings. The number of carbonyl (C=O) groups excluding carboxylic acids is 1. The maximum Gasteiger partial charge on any atom is 0.250 e. The van der Waals surface area contributed by atoms with Gasteiger partial charge < -0.3 is 4.57 Å². The Morgan fingerprint density at radius 3 is 2.78 bits per heavy atom. The van der Waals surface area contributed by atoms with E-state index in [0.29, 0.717) is 11.6 Å². The number of benzene rings is 3. The summed E-state index contributed by atoms with van der Waals surface area (Å²) >= 11 is 10.6. The quantitative estimate of drug-likeness (QED) is 0.184. The summed E-state index contributed by atoms with van der Waals surface area (Å²) in [5.74, 6) is -0.620. The van der Waals surface area contributed by atoms with E-state index in [0.717, 1.165) is 26.2 Å². The fourth-order valence-corrected chi connectivity index (χ4v) is 4.35. The van der Waals surface area contributed by atoms with E-state index in [9.17, 15) is 9.18 Å². The fourth-order valence-electron chi connectivity index (χ4n) is 3.04. The van der Waals surface area contributed by atoms with Gasteiger partial charge in [0.15, 0.2) is 5.16 Å². The second-order valence-electron chi connectivity index (χ2n) is 6.84. The van der Waals surface area contributed by atoms with Crippen molar-refractivity contribution < 1.29 is 9.18 Å². The zero-order valence-electron chi connectivity index (χ0n) is 16.6. The molecule has 4 rings (SSSR count). The van der Waals surface area contributed by atoms with E-state index in [2.05, 4.69) is 36.0 Å². The summed E-state index contributed by atoms with van der Waals surface area (Å²) in [5, 5.41) is 5.26. The minimum atomic E-state index is -0.420. The van der Waals surface area contributed by atoms with Crippen LogP contribution in [0.4, 0.5) is 4.39 Å². The van der Waals surface area contributed by atoms with Crippen molar-refractivity contribution in [1.82, 2.24) is 15.0 Å². The lowest BCUT2D eigenvalue weighted by Crippen LogP contribution is -2.20. The first kappa shape index (κ1) is 22.5. The highest BCUT2D eigenvalue weighted by Crippen LogP contribution is 2.25. The van der Waals surface area contributed by atoms with E-state index in [1.54, 1.807) is 12.1 Å².